The van der Waals surface area contributed by atoms with Gasteiger partial charge >= 0.3 is 6.03 Å². The van der Waals surface area contributed by atoms with E-state index in [2.05, 4.69) is 21.2 Å². The molecule has 2 atom stereocenters. The van der Waals surface area contributed by atoms with E-state index in [1.54, 1.807) is 7.05 Å². The van der Waals surface area contributed by atoms with Crippen LogP contribution in [0.25, 0.3) is 0 Å². The normalized spacial score (nSPS) is 23.1. The fourth-order valence-electron chi connectivity index (χ4n) is 4.90. The molecule has 34 heavy (non-hydrogen) atoms. The van der Waals surface area contributed by atoms with Crippen LogP contribution in [0.4, 0.5) is 9.18 Å². The second-order valence-electron chi connectivity index (χ2n) is 9.20. The molecule has 1 N–H and O–H groups in total. The molecule has 0 bridgehead atoms. The van der Waals surface area contributed by atoms with Crippen molar-refractivity contribution in [1.29, 1.82) is 0 Å². The van der Waals surface area contributed by atoms with Crippen molar-refractivity contribution in [2.75, 3.05) is 33.2 Å². The number of hydrogen-bond acceptors (Lipinski definition) is 6. The molecular weight excluding hydrogens is 435 g/mol. The minimum Gasteiger partial charge on any atom is -0.340 e. The Morgan fingerprint density at radius 3 is 2.44 bits per heavy atom. The maximum Gasteiger partial charge on any atom is 0.325 e. The van der Waals surface area contributed by atoms with Gasteiger partial charge in [-0.15, -0.1) is 0 Å². The van der Waals surface area contributed by atoms with Gasteiger partial charge in [-0.1, -0.05) is 42.0 Å². The van der Waals surface area contributed by atoms with Crippen LogP contribution in [0.1, 0.15) is 16.7 Å². The monoisotopic (exact) mass is 464 g/mol. The summed E-state index contributed by atoms with van der Waals surface area (Å²) in [4.78, 5) is 38.1. The number of fused-ring (bicyclic) bond motifs is 1. The van der Waals surface area contributed by atoms with E-state index in [1.807, 2.05) is 42.2 Å². The number of nitrogens with zero attached hydrogens (tertiary/aromatic N) is 5. The Morgan fingerprint density at radius 1 is 1.00 bits per heavy atom. The number of piperazine rings is 1. The third-order valence-corrected chi connectivity index (χ3v) is 6.75. The molecule has 3 heterocycles. The first-order valence-electron chi connectivity index (χ1n) is 11.6. The predicted molar refractivity (Wildman–Crippen MR) is 126 cm³/mol. The van der Waals surface area contributed by atoms with Crippen molar-refractivity contribution in [3.05, 3.63) is 71.0 Å². The number of carbonyl (C=O) groups excluding carboxylic acids is 2. The number of benzene rings is 2. The zero-order valence-electron chi connectivity index (χ0n) is 19.4. The molecule has 2 aromatic rings. The lowest BCUT2D eigenvalue weighted by Gasteiger charge is -2.40. The second kappa shape index (κ2) is 9.06. The molecule has 0 aromatic heterocycles. The van der Waals surface area contributed by atoms with Crippen molar-refractivity contribution >= 4 is 17.9 Å². The number of likely N-dealkylation sites (N-methyl/N-ethyl adjacent to an activating group) is 1. The van der Waals surface area contributed by atoms with Crippen LogP contribution in [-0.4, -0.2) is 82.9 Å². The molecule has 9 heteroatoms. The molecule has 5 rings (SSSR count). The van der Waals surface area contributed by atoms with Crippen LogP contribution in [0.3, 0.4) is 0 Å². The molecule has 2 unspecified atom stereocenters. The van der Waals surface area contributed by atoms with Crippen molar-refractivity contribution < 1.29 is 14.0 Å². The first-order chi connectivity index (χ1) is 16.4. The number of imide groups is 1. The number of urea groups is 1. The molecule has 8 nitrogen and oxygen atoms in total. The quantitative estimate of drug-likeness (QED) is 0.750. The number of carbonyl (C=O) groups is 2. The summed E-state index contributed by atoms with van der Waals surface area (Å²) >= 11 is 0. The average molecular weight is 465 g/mol. The minimum atomic E-state index is -0.560. The van der Waals surface area contributed by atoms with Crippen LogP contribution in [0, 0.1) is 12.7 Å². The SMILES string of the molecule is Cc1cccc(CN2C(N3CCN(Cc4ccc(F)cc4)CC3)=NC3C2C(=O)NC(=O)N3C)c1. The van der Waals surface area contributed by atoms with Gasteiger partial charge in [0.05, 0.1) is 0 Å². The highest BCUT2D eigenvalue weighted by atomic mass is 19.1. The van der Waals surface area contributed by atoms with Crippen LogP contribution in [0.5, 0.6) is 0 Å². The zero-order valence-corrected chi connectivity index (χ0v) is 19.4. The Kier molecular flexibility index (Phi) is 5.95. The van der Waals surface area contributed by atoms with Crippen LogP contribution in [0.2, 0.25) is 0 Å². The molecule has 2 aromatic carbocycles. The highest BCUT2D eigenvalue weighted by Gasteiger charge is 2.49. The van der Waals surface area contributed by atoms with Crippen LogP contribution >= 0.6 is 0 Å². The molecule has 178 valence electrons. The summed E-state index contributed by atoms with van der Waals surface area (Å²) in [7, 11) is 1.68. The molecule has 0 radical (unpaired) electrons. The Labute approximate surface area is 198 Å². The standard InChI is InChI=1S/C25H29FN6O2/c1-17-4-3-5-19(14-17)16-32-21-22(29(2)25(34)28-23(21)33)27-24(32)31-12-10-30(11-13-31)15-18-6-8-20(26)9-7-18/h3-9,14,21-22H,10-13,15-16H2,1-2H3,(H,28,33,34). The van der Waals surface area contributed by atoms with Gasteiger partial charge in [0.2, 0.25) is 0 Å². The van der Waals surface area contributed by atoms with E-state index in [1.165, 1.54) is 17.0 Å². The predicted octanol–water partition coefficient (Wildman–Crippen LogP) is 2.00. The number of amides is 3. The Morgan fingerprint density at radius 2 is 1.74 bits per heavy atom. The maximum atomic E-state index is 13.2. The molecule has 3 aliphatic rings. The lowest BCUT2D eigenvalue weighted by molar-refractivity contribution is -0.127. The summed E-state index contributed by atoms with van der Waals surface area (Å²) in [6.07, 6.45) is -0.543. The summed E-state index contributed by atoms with van der Waals surface area (Å²) in [6, 6.07) is 13.9. The van der Waals surface area contributed by atoms with Gasteiger partial charge in [-0.3, -0.25) is 15.0 Å². The summed E-state index contributed by atoms with van der Waals surface area (Å²) in [5, 5.41) is 2.47. The van der Waals surface area contributed by atoms with Gasteiger partial charge in [0.25, 0.3) is 5.91 Å². The Bertz CT molecular complexity index is 1110. The van der Waals surface area contributed by atoms with Crippen molar-refractivity contribution in [3.63, 3.8) is 0 Å². The number of guanidine groups is 1. The maximum absolute atomic E-state index is 13.2. The second-order valence-corrected chi connectivity index (χ2v) is 9.20. The van der Waals surface area contributed by atoms with Gasteiger partial charge in [0.1, 0.15) is 5.82 Å². The molecule has 0 aliphatic carbocycles. The largest absolute Gasteiger partial charge is 0.340 e. The smallest absolute Gasteiger partial charge is 0.325 e. The topological polar surface area (TPSA) is 71.5 Å². The number of nitrogens with one attached hydrogen (secondary N) is 1. The van der Waals surface area contributed by atoms with E-state index in [-0.39, 0.29) is 11.7 Å². The minimum absolute atomic E-state index is 0.226. The fourth-order valence-corrected chi connectivity index (χ4v) is 4.90. The van der Waals surface area contributed by atoms with E-state index < -0.39 is 18.2 Å². The average Bonchev–Trinajstić information content (AvgIpc) is 3.19. The number of aryl methyl sites for hydroxylation is 1. The van der Waals surface area contributed by atoms with Crippen molar-refractivity contribution in [3.8, 4) is 0 Å². The van der Waals surface area contributed by atoms with Crippen molar-refractivity contribution in [1.82, 2.24) is 24.9 Å². The van der Waals surface area contributed by atoms with Crippen molar-refractivity contribution in [2.24, 2.45) is 4.99 Å². The van der Waals surface area contributed by atoms with E-state index in [0.29, 0.717) is 6.54 Å². The van der Waals surface area contributed by atoms with Crippen molar-refractivity contribution in [2.45, 2.75) is 32.2 Å². The van der Waals surface area contributed by atoms with Crippen LogP contribution in [-0.2, 0) is 17.9 Å². The van der Waals surface area contributed by atoms with Crippen LogP contribution in [0.15, 0.2) is 53.5 Å². The third-order valence-electron chi connectivity index (χ3n) is 6.75. The summed E-state index contributed by atoms with van der Waals surface area (Å²) in [5.41, 5.74) is 3.33. The number of aliphatic imine (C=N–C) groups is 1. The molecule has 0 spiro atoms. The lowest BCUT2D eigenvalue weighted by Crippen LogP contribution is -2.64. The van der Waals surface area contributed by atoms with E-state index in [4.69, 9.17) is 4.99 Å². The van der Waals surface area contributed by atoms with E-state index in [0.717, 1.165) is 55.4 Å². The van der Waals surface area contributed by atoms with Gasteiger partial charge in [-0.2, -0.15) is 0 Å². The number of hydrogen-bond donors (Lipinski definition) is 1. The summed E-state index contributed by atoms with van der Waals surface area (Å²) in [5.74, 6) is 0.222. The molecule has 0 saturated carbocycles. The zero-order chi connectivity index (χ0) is 23.8. The summed E-state index contributed by atoms with van der Waals surface area (Å²) < 4.78 is 13.2. The molecular formula is C25H29FN6O2. The van der Waals surface area contributed by atoms with Gasteiger partial charge in [-0.05, 0) is 30.2 Å². The first kappa shape index (κ1) is 22.3. The highest BCUT2D eigenvalue weighted by molar-refractivity contribution is 6.03. The summed E-state index contributed by atoms with van der Waals surface area (Å²) in [6.45, 7) is 6.50. The molecule has 2 fully saturated rings. The van der Waals surface area contributed by atoms with E-state index in [9.17, 15) is 14.0 Å². The van der Waals surface area contributed by atoms with Gasteiger partial charge < -0.3 is 14.7 Å². The number of rotatable bonds is 4. The third kappa shape index (κ3) is 4.35. The van der Waals surface area contributed by atoms with Crippen LogP contribution < -0.4 is 5.32 Å². The Hall–Kier alpha value is -3.46. The lowest BCUT2D eigenvalue weighted by atomic mass is 10.1. The van der Waals surface area contributed by atoms with E-state index >= 15 is 0 Å². The highest BCUT2D eigenvalue weighted by Crippen LogP contribution is 2.28. The molecule has 3 aliphatic heterocycles. The number of halogens is 1. The van der Waals surface area contributed by atoms with Gasteiger partial charge in [0, 0.05) is 46.3 Å². The first-order valence-corrected chi connectivity index (χ1v) is 11.6. The van der Waals surface area contributed by atoms with Gasteiger partial charge in [-0.25, -0.2) is 14.2 Å². The molecule has 2 saturated heterocycles. The Balaban J connectivity index is 1.34. The van der Waals surface area contributed by atoms with Gasteiger partial charge in [0.15, 0.2) is 18.2 Å². The molecule has 3 amide bonds. The fraction of sp³-hybridized carbons (Fsp3) is 0.400.